The van der Waals surface area contributed by atoms with Crippen LogP contribution in [0.15, 0.2) is 135 Å². The third-order valence-corrected chi connectivity index (χ3v) is 41.7. The monoisotopic (exact) mass is 1940 g/mol. The zero-order chi connectivity index (χ0) is 95.1. The highest BCUT2D eigenvalue weighted by molar-refractivity contribution is 7.97. The number of rotatable bonds is 20. The standard InChI is InChI=1S/2C39H48F2O10.C18H15S.C14H21OS.CH4/c2*1-35(40,41)32(44)51-38-10-21-6-26(15-38)39(27(7-21)16-38)49-28(17-47-33(45)36-8-19-2-22(11-36)30(42)23(3-19)12-36)29(50-39)18-48-34(46)37-9-20-4-24(13-37)31(43)25(5-20)14-37;1-4-10-16(11-5-1)19(17-12-6-2-7-13-17)18-14-8-3-9-15-18;1-14(2,3)12-4-6-13(7-5-12)16-10-8-15-9-11-16;/h2*19-29H,2-18H2,1H3;1-15H;4-7H,8-11H2,1-3H3;1H4/q;;2*+1;. The van der Waals surface area contributed by atoms with E-state index in [2.05, 4.69) is 136 Å². The number of halogens is 4. The lowest BCUT2D eigenvalue weighted by Gasteiger charge is -2.62. The minimum atomic E-state index is -3.60. The van der Waals surface area contributed by atoms with Crippen LogP contribution in [-0.4, -0.2) is 169 Å². The molecule has 0 aromatic heterocycles. The number of Topliss-reactive ketones (excluding diaryl/α,β-unsaturated/α-hetero) is 4. The normalized spacial score (nSPS) is 41.4. The molecule has 24 aliphatic carbocycles. The Morgan fingerprint density at radius 1 is 0.348 bits per heavy atom. The van der Waals surface area contributed by atoms with Crippen molar-refractivity contribution in [1.29, 1.82) is 0 Å². The maximum absolute atomic E-state index is 14.0. The van der Waals surface area contributed by atoms with E-state index in [1.807, 2.05) is 0 Å². The van der Waals surface area contributed by atoms with E-state index < -0.39 is 92.6 Å². The van der Waals surface area contributed by atoms with E-state index in [4.69, 9.17) is 52.1 Å². The van der Waals surface area contributed by atoms with Gasteiger partial charge in [-0.15, -0.1) is 0 Å². The Morgan fingerprint density at radius 2 is 0.601 bits per heavy atom. The molecule has 24 saturated carbocycles. The van der Waals surface area contributed by atoms with Crippen LogP contribution in [0, 0.1) is 128 Å². The van der Waals surface area contributed by atoms with Gasteiger partial charge in [0, 0.05) is 95.8 Å². The Balaban J connectivity index is 0.000000122. The molecule has 0 radical (unpaired) electrons. The van der Waals surface area contributed by atoms with Gasteiger partial charge in [-0.05, 0) is 288 Å². The second-order valence-corrected chi connectivity index (χ2v) is 52.0. The number of hydrogen-bond donors (Lipinski definition) is 0. The van der Waals surface area contributed by atoms with E-state index in [9.17, 15) is 65.5 Å². The zero-order valence-corrected chi connectivity index (χ0v) is 81.1. The van der Waals surface area contributed by atoms with Crippen molar-refractivity contribution in [3.05, 3.63) is 121 Å². The van der Waals surface area contributed by atoms with E-state index in [1.54, 1.807) is 0 Å². The topological polar surface area (TPSA) is 272 Å². The number of carbonyl (C=O) groups excluding carboxylic acids is 10. The molecule has 16 unspecified atom stereocenters. The lowest BCUT2D eigenvalue weighted by atomic mass is 9.49. The Kier molecular flexibility index (Phi) is 25.3. The Labute approximate surface area is 812 Å². The molecule has 27 heteroatoms. The molecule has 3 heterocycles. The average molecular weight is 1950 g/mol. The van der Waals surface area contributed by atoms with Crippen molar-refractivity contribution in [3.8, 4) is 0 Å². The molecule has 31 rings (SSSR count). The van der Waals surface area contributed by atoms with Crippen LogP contribution < -0.4 is 0 Å². The molecule has 27 aliphatic rings. The highest BCUT2D eigenvalue weighted by atomic mass is 32.2. The minimum Gasteiger partial charge on any atom is -0.462 e. The molecular formula is C111H136F4O21S2+2. The van der Waals surface area contributed by atoms with Gasteiger partial charge in [0.2, 0.25) is 0 Å². The molecule has 2 spiro atoms. The summed E-state index contributed by atoms with van der Waals surface area (Å²) in [4.78, 5) is 137. The van der Waals surface area contributed by atoms with Crippen LogP contribution in [-0.2, 0) is 127 Å². The Hall–Kier alpha value is -7.40. The number of ether oxygens (including phenoxy) is 11. The molecule has 4 aromatic carbocycles. The van der Waals surface area contributed by atoms with Crippen LogP contribution in [0.4, 0.5) is 17.6 Å². The predicted octanol–water partition coefficient (Wildman–Crippen LogP) is 18.7. The van der Waals surface area contributed by atoms with Crippen molar-refractivity contribution in [2.75, 3.05) is 51.1 Å². The molecule has 0 amide bonds. The van der Waals surface area contributed by atoms with Crippen molar-refractivity contribution in [2.45, 2.75) is 319 Å². The molecule has 744 valence electrons. The fraction of sp³-hybridized carbons (Fsp3) is 0.694. The fourth-order valence-electron chi connectivity index (χ4n) is 32.4. The second kappa shape index (κ2) is 36.1. The number of benzene rings is 4. The number of carbonyl (C=O) groups is 10. The van der Waals surface area contributed by atoms with Gasteiger partial charge >= 0.3 is 47.7 Å². The van der Waals surface area contributed by atoms with Crippen molar-refractivity contribution < 1.29 is 118 Å². The molecule has 27 fully saturated rings. The van der Waals surface area contributed by atoms with Gasteiger partial charge in [-0.25, -0.2) is 9.59 Å². The molecule has 3 aliphatic heterocycles. The Morgan fingerprint density at radius 3 is 0.848 bits per heavy atom. The number of alkyl halides is 4. The first-order chi connectivity index (χ1) is 65.4. The van der Waals surface area contributed by atoms with Crippen LogP contribution in [0.3, 0.4) is 0 Å². The van der Waals surface area contributed by atoms with Gasteiger partial charge in [0.25, 0.3) is 0 Å². The highest BCUT2D eigenvalue weighted by Crippen LogP contribution is 2.70. The number of esters is 6. The summed E-state index contributed by atoms with van der Waals surface area (Å²) in [6.45, 7) is 9.36. The molecule has 0 N–H and O–H groups in total. The number of hydrogen-bond acceptors (Lipinski definition) is 21. The van der Waals surface area contributed by atoms with Crippen LogP contribution in [0.1, 0.15) is 240 Å². The van der Waals surface area contributed by atoms with Gasteiger partial charge in [-0.2, -0.15) is 17.6 Å². The van der Waals surface area contributed by atoms with E-state index in [-0.39, 0.29) is 157 Å². The van der Waals surface area contributed by atoms with Crippen LogP contribution in [0.5, 0.6) is 0 Å². The van der Waals surface area contributed by atoms with E-state index in [0.29, 0.717) is 161 Å². The van der Waals surface area contributed by atoms with Crippen molar-refractivity contribution >= 4 is 80.7 Å². The smallest absolute Gasteiger partial charge is 0.377 e. The molecule has 16 atom stereocenters. The summed E-state index contributed by atoms with van der Waals surface area (Å²) in [6, 6.07) is 41.4. The summed E-state index contributed by atoms with van der Waals surface area (Å²) in [5, 5.41) is 0. The van der Waals surface area contributed by atoms with Gasteiger partial charge < -0.3 is 52.1 Å². The van der Waals surface area contributed by atoms with Gasteiger partial charge in [0.1, 0.15) is 96.7 Å². The van der Waals surface area contributed by atoms with E-state index >= 15 is 0 Å². The largest absolute Gasteiger partial charge is 0.462 e. The fourth-order valence-corrected chi connectivity index (χ4v) is 36.3. The first-order valence-electron chi connectivity index (χ1n) is 51.4. The summed E-state index contributed by atoms with van der Waals surface area (Å²) >= 11 is 0. The van der Waals surface area contributed by atoms with Crippen LogP contribution >= 0.6 is 0 Å². The lowest BCUT2D eigenvalue weighted by molar-refractivity contribution is -0.326. The summed E-state index contributed by atoms with van der Waals surface area (Å²) in [5.74, 6) is -9.91. The molecule has 138 heavy (non-hydrogen) atoms. The minimum absolute atomic E-state index is 0. The van der Waals surface area contributed by atoms with Gasteiger partial charge in [-0.3, -0.25) is 38.4 Å². The quantitative estimate of drug-likeness (QED) is 0.0344. The third-order valence-electron chi connectivity index (χ3n) is 37.2. The summed E-state index contributed by atoms with van der Waals surface area (Å²) in [6.07, 6.45) is 16.3. The summed E-state index contributed by atoms with van der Waals surface area (Å²) in [5.41, 5.74) is -3.00. The van der Waals surface area contributed by atoms with E-state index in [0.717, 1.165) is 116 Å². The first kappa shape index (κ1) is 96.7. The average Bonchev–Trinajstić information content (AvgIpc) is 1.49. The first-order valence-corrected chi connectivity index (χ1v) is 54.2. The second-order valence-electron chi connectivity index (χ2n) is 47.7. The van der Waals surface area contributed by atoms with Crippen LogP contribution in [0.25, 0.3) is 0 Å². The molecular weight excluding hydrogens is 1810 g/mol. The van der Waals surface area contributed by atoms with Gasteiger partial charge in [0.15, 0.2) is 31.2 Å². The predicted molar refractivity (Wildman–Crippen MR) is 498 cm³/mol. The maximum Gasteiger partial charge on any atom is 0.377 e. The van der Waals surface area contributed by atoms with Crippen molar-refractivity contribution in [3.63, 3.8) is 0 Å². The number of ketones is 4. The third kappa shape index (κ3) is 17.6. The summed E-state index contributed by atoms with van der Waals surface area (Å²) in [7, 11) is 0.417. The highest BCUT2D eigenvalue weighted by Gasteiger charge is 2.73. The molecule has 24 bridgehead atoms. The maximum atomic E-state index is 14.0. The zero-order valence-electron chi connectivity index (χ0n) is 79.4. The molecule has 3 saturated heterocycles. The molecule has 21 nitrogen and oxygen atoms in total. The lowest BCUT2D eigenvalue weighted by Crippen LogP contribution is -2.65. The Bertz CT molecular complexity index is 4750. The van der Waals surface area contributed by atoms with Crippen molar-refractivity contribution in [2.24, 2.45) is 128 Å². The van der Waals surface area contributed by atoms with Gasteiger partial charge in [-0.1, -0.05) is 94.9 Å². The van der Waals surface area contributed by atoms with Gasteiger partial charge in [0.05, 0.1) is 45.8 Å². The van der Waals surface area contributed by atoms with Crippen LogP contribution in [0.2, 0.25) is 0 Å². The molecule has 4 aromatic rings. The SMILES string of the molecule is C.CC(C)(C)c1ccc([S+]2CCOCC2)cc1.CC(F)(F)C(=O)OC12CC3CC(C1)C1(OC(COC(=O)C45CC6CC(C4)C(=O)C(C6)C5)C(COC(=O)C45CC6CC(C4)C(=O)C(C6)C5)O1)C(C3)C2.CC(F)(F)C(=O)OC12CC3CC(C1)C1(OC(COC(=O)C45CC6CC(C4)C(=O)C(C6)C5)C(COC(=O)C45CC6CC(C4)C(=O)C(C6)C5)O1)C(C3)C2.c1ccc([S+](c2ccccc2)c2ccccc2)cc1. The summed E-state index contributed by atoms with van der Waals surface area (Å²) < 4.78 is 124. The van der Waals surface area contributed by atoms with Crippen molar-refractivity contribution in [1.82, 2.24) is 0 Å². The van der Waals surface area contributed by atoms with E-state index in [1.165, 1.54) is 36.7 Å².